The summed E-state index contributed by atoms with van der Waals surface area (Å²) < 4.78 is 5.84. The molecule has 0 bridgehead atoms. The molecule has 0 fully saturated rings. The molecule has 0 unspecified atom stereocenters. The van der Waals surface area contributed by atoms with Gasteiger partial charge < -0.3 is 9.33 Å². The fourth-order valence-corrected chi connectivity index (χ4v) is 1.82. The Bertz CT molecular complexity index is 192. The maximum absolute atomic E-state index is 5.84. The van der Waals surface area contributed by atoms with Gasteiger partial charge in [0.1, 0.15) is 0 Å². The third-order valence-electron chi connectivity index (χ3n) is 2.33. The van der Waals surface area contributed by atoms with Crippen molar-refractivity contribution < 1.29 is 4.43 Å². The highest BCUT2D eigenvalue weighted by Gasteiger charge is 2.13. The quantitative estimate of drug-likeness (QED) is 0.491. The van der Waals surface area contributed by atoms with Crippen LogP contribution in [0.1, 0.15) is 20.8 Å². The minimum Gasteiger partial charge on any atom is -0.414 e. The van der Waals surface area contributed by atoms with E-state index < -0.39 is 8.32 Å². The third-order valence-corrected chi connectivity index (χ3v) is 3.34. The monoisotopic (exact) mass is 229 g/mol. The Morgan fingerprint density at radius 2 is 1.73 bits per heavy atom. The first-order valence-corrected chi connectivity index (χ1v) is 9.31. The summed E-state index contributed by atoms with van der Waals surface area (Å²) in [6.45, 7) is 17.3. The van der Waals surface area contributed by atoms with Crippen molar-refractivity contribution in [3.8, 4) is 0 Å². The molecule has 90 valence electrons. The van der Waals surface area contributed by atoms with E-state index in [-0.39, 0.29) is 0 Å². The van der Waals surface area contributed by atoms with E-state index in [1.165, 1.54) is 5.57 Å². The zero-order valence-electron chi connectivity index (χ0n) is 11.3. The maximum Gasteiger partial charge on any atom is 0.184 e. The number of rotatable bonds is 7. The molecule has 0 aromatic rings. The van der Waals surface area contributed by atoms with Crippen LogP contribution in [-0.2, 0) is 4.43 Å². The molecular formula is C12H27NOSi. The van der Waals surface area contributed by atoms with Gasteiger partial charge in [-0.1, -0.05) is 25.5 Å². The van der Waals surface area contributed by atoms with Crippen molar-refractivity contribution in [3.05, 3.63) is 11.6 Å². The Kier molecular flexibility index (Phi) is 7.14. The molecule has 0 saturated carbocycles. The first kappa shape index (κ1) is 14.9. The fourth-order valence-electron chi connectivity index (χ4n) is 1.16. The van der Waals surface area contributed by atoms with Gasteiger partial charge in [0.25, 0.3) is 0 Å². The van der Waals surface area contributed by atoms with E-state index in [0.29, 0.717) is 0 Å². The van der Waals surface area contributed by atoms with Crippen molar-refractivity contribution in [2.75, 3.05) is 26.2 Å². The average Bonchev–Trinajstić information content (AvgIpc) is 2.15. The van der Waals surface area contributed by atoms with Crippen LogP contribution < -0.4 is 0 Å². The lowest BCUT2D eigenvalue weighted by molar-refractivity contribution is 0.328. The molecule has 0 aromatic heterocycles. The van der Waals surface area contributed by atoms with Crippen molar-refractivity contribution in [1.82, 2.24) is 4.90 Å². The van der Waals surface area contributed by atoms with Crippen LogP contribution in [-0.4, -0.2) is 39.5 Å². The molecule has 0 aliphatic heterocycles. The van der Waals surface area contributed by atoms with Crippen LogP contribution >= 0.6 is 0 Å². The molecule has 0 aliphatic rings. The maximum atomic E-state index is 5.84. The first-order chi connectivity index (χ1) is 6.89. The van der Waals surface area contributed by atoms with Gasteiger partial charge in [-0.2, -0.15) is 0 Å². The molecule has 0 rings (SSSR count). The average molecular weight is 229 g/mol. The van der Waals surface area contributed by atoms with Crippen LogP contribution in [0.2, 0.25) is 19.6 Å². The van der Waals surface area contributed by atoms with Crippen molar-refractivity contribution in [2.24, 2.45) is 0 Å². The van der Waals surface area contributed by atoms with Crippen molar-refractivity contribution in [2.45, 2.75) is 40.4 Å². The second-order valence-electron chi connectivity index (χ2n) is 4.94. The van der Waals surface area contributed by atoms with Crippen LogP contribution in [0.25, 0.3) is 0 Å². The lowest BCUT2D eigenvalue weighted by Gasteiger charge is -2.19. The topological polar surface area (TPSA) is 12.5 Å². The summed E-state index contributed by atoms with van der Waals surface area (Å²) in [5, 5.41) is 0. The zero-order chi connectivity index (χ0) is 11.9. The summed E-state index contributed by atoms with van der Waals surface area (Å²) in [7, 11) is -1.35. The predicted octanol–water partition coefficient (Wildman–Crippen LogP) is 3.13. The smallest absolute Gasteiger partial charge is 0.184 e. The van der Waals surface area contributed by atoms with E-state index in [0.717, 1.165) is 26.2 Å². The van der Waals surface area contributed by atoms with Gasteiger partial charge >= 0.3 is 0 Å². The Morgan fingerprint density at radius 1 is 1.20 bits per heavy atom. The summed E-state index contributed by atoms with van der Waals surface area (Å²) in [5.41, 5.74) is 1.35. The van der Waals surface area contributed by atoms with Gasteiger partial charge in [-0.05, 0) is 39.7 Å². The lowest BCUT2D eigenvalue weighted by Crippen LogP contribution is -2.26. The third kappa shape index (κ3) is 8.84. The molecule has 0 N–H and O–H groups in total. The molecule has 0 radical (unpaired) electrons. The minimum atomic E-state index is -1.35. The van der Waals surface area contributed by atoms with Gasteiger partial charge in [0.2, 0.25) is 0 Å². The van der Waals surface area contributed by atoms with Gasteiger partial charge in [-0.3, -0.25) is 0 Å². The van der Waals surface area contributed by atoms with Crippen LogP contribution in [0.4, 0.5) is 0 Å². The number of likely N-dealkylation sites (N-methyl/N-ethyl adjacent to an activating group) is 1. The van der Waals surface area contributed by atoms with Crippen molar-refractivity contribution >= 4 is 8.32 Å². The molecule has 0 atom stereocenters. The predicted molar refractivity (Wildman–Crippen MR) is 70.8 cm³/mol. The van der Waals surface area contributed by atoms with E-state index in [2.05, 4.69) is 51.4 Å². The largest absolute Gasteiger partial charge is 0.414 e. The molecule has 0 aromatic carbocycles. The van der Waals surface area contributed by atoms with Crippen LogP contribution in [0, 0.1) is 0 Å². The van der Waals surface area contributed by atoms with E-state index in [4.69, 9.17) is 4.43 Å². The molecule has 0 heterocycles. The SMILES string of the molecule is CCN(CC)C/C=C(\C)CO[Si](C)(C)C. The van der Waals surface area contributed by atoms with E-state index in [9.17, 15) is 0 Å². The van der Waals surface area contributed by atoms with Gasteiger partial charge in [0.15, 0.2) is 8.32 Å². The molecular weight excluding hydrogens is 202 g/mol. The summed E-state index contributed by atoms with van der Waals surface area (Å²) >= 11 is 0. The first-order valence-electron chi connectivity index (χ1n) is 5.91. The standard InChI is InChI=1S/C12H27NOSi/c1-7-13(8-2)10-9-12(3)11-14-15(4,5)6/h9H,7-8,10-11H2,1-6H3/b12-9+. The van der Waals surface area contributed by atoms with Crippen LogP contribution in [0.3, 0.4) is 0 Å². The Morgan fingerprint density at radius 3 is 2.13 bits per heavy atom. The van der Waals surface area contributed by atoms with Gasteiger partial charge in [-0.15, -0.1) is 0 Å². The zero-order valence-corrected chi connectivity index (χ0v) is 12.3. The molecule has 0 saturated heterocycles. The van der Waals surface area contributed by atoms with Crippen molar-refractivity contribution in [1.29, 1.82) is 0 Å². The Balaban J connectivity index is 3.88. The molecule has 0 amide bonds. The molecule has 15 heavy (non-hydrogen) atoms. The second kappa shape index (κ2) is 7.20. The van der Waals surface area contributed by atoms with E-state index >= 15 is 0 Å². The summed E-state index contributed by atoms with van der Waals surface area (Å²) in [4.78, 5) is 2.40. The fraction of sp³-hybridized carbons (Fsp3) is 0.833. The highest BCUT2D eigenvalue weighted by molar-refractivity contribution is 6.69. The molecule has 2 nitrogen and oxygen atoms in total. The molecule has 0 aliphatic carbocycles. The van der Waals surface area contributed by atoms with Crippen LogP contribution in [0.15, 0.2) is 11.6 Å². The van der Waals surface area contributed by atoms with E-state index in [1.54, 1.807) is 0 Å². The van der Waals surface area contributed by atoms with Gasteiger partial charge in [0.05, 0.1) is 6.61 Å². The van der Waals surface area contributed by atoms with E-state index in [1.807, 2.05) is 0 Å². The molecule has 3 heteroatoms. The second-order valence-corrected chi connectivity index (χ2v) is 9.45. The number of hydrogen-bond donors (Lipinski definition) is 0. The number of nitrogens with zero attached hydrogens (tertiary/aromatic N) is 1. The normalized spacial score (nSPS) is 13.7. The molecule has 0 spiro atoms. The van der Waals surface area contributed by atoms with Gasteiger partial charge in [-0.25, -0.2) is 0 Å². The summed E-state index contributed by atoms with van der Waals surface area (Å²) in [6, 6.07) is 0. The Labute approximate surface area is 96.4 Å². The van der Waals surface area contributed by atoms with Crippen molar-refractivity contribution in [3.63, 3.8) is 0 Å². The highest BCUT2D eigenvalue weighted by Crippen LogP contribution is 2.05. The lowest BCUT2D eigenvalue weighted by atomic mass is 10.3. The van der Waals surface area contributed by atoms with Crippen LogP contribution in [0.5, 0.6) is 0 Å². The summed E-state index contributed by atoms with van der Waals surface area (Å²) in [5.74, 6) is 0. The minimum absolute atomic E-state index is 0.803. The Hall–Kier alpha value is -0.123. The van der Waals surface area contributed by atoms with Gasteiger partial charge in [0, 0.05) is 6.54 Å². The summed E-state index contributed by atoms with van der Waals surface area (Å²) in [6.07, 6.45) is 2.28. The number of hydrogen-bond acceptors (Lipinski definition) is 2. The highest BCUT2D eigenvalue weighted by atomic mass is 28.4.